The van der Waals surface area contributed by atoms with Crippen LogP contribution in [0.1, 0.15) is 32.6 Å². The van der Waals surface area contributed by atoms with Crippen molar-refractivity contribution in [2.75, 3.05) is 14.1 Å². The van der Waals surface area contributed by atoms with Gasteiger partial charge >= 0.3 is 27.2 Å². The number of nitrogens with one attached hydrogen (secondary N) is 1. The summed E-state index contributed by atoms with van der Waals surface area (Å²) < 4.78 is 119. The second-order valence-corrected chi connectivity index (χ2v) is 6.12. The number of hydrogen-bond donors (Lipinski definition) is 2. The van der Waals surface area contributed by atoms with Crippen molar-refractivity contribution < 1.29 is 43.7 Å². The fraction of sp³-hybridized carbons (Fsp3) is 1.00. The molecule has 0 aromatic heterocycles. The van der Waals surface area contributed by atoms with Crippen LogP contribution in [0.25, 0.3) is 0 Å². The zero-order chi connectivity index (χ0) is 19.1. The molecule has 12 heteroatoms. The standard InChI is InChI=1S/C9H13F7O3S.C2H7N/c1-2-3-4-5-6(10)7(11,12)8(13,14)9(15,16)20(17,18)19;1-3-2/h6H,2-5H2,1H3,(H,17,18,19);3H,1-2H3. The summed E-state index contributed by atoms with van der Waals surface area (Å²) in [5.41, 5.74) is 0. The van der Waals surface area contributed by atoms with E-state index < -0.39 is 39.8 Å². The Balaban J connectivity index is 0. The second kappa shape index (κ2) is 9.02. The van der Waals surface area contributed by atoms with E-state index >= 15 is 0 Å². The molecule has 1 unspecified atom stereocenters. The van der Waals surface area contributed by atoms with E-state index in [2.05, 4.69) is 5.32 Å². The normalized spacial score (nSPS) is 14.9. The second-order valence-electron chi connectivity index (χ2n) is 4.65. The van der Waals surface area contributed by atoms with Crippen LogP contribution in [0.2, 0.25) is 0 Å². The van der Waals surface area contributed by atoms with E-state index in [9.17, 15) is 39.2 Å². The molecule has 0 aliphatic rings. The summed E-state index contributed by atoms with van der Waals surface area (Å²) >= 11 is 0. The monoisotopic (exact) mass is 379 g/mol. The Labute approximate surface area is 130 Å². The van der Waals surface area contributed by atoms with Crippen LogP contribution in [0.4, 0.5) is 30.7 Å². The lowest BCUT2D eigenvalue weighted by atomic mass is 10.0. The van der Waals surface area contributed by atoms with E-state index in [4.69, 9.17) is 4.55 Å². The van der Waals surface area contributed by atoms with Crippen molar-refractivity contribution >= 4 is 10.1 Å². The minimum atomic E-state index is -6.83. The van der Waals surface area contributed by atoms with Gasteiger partial charge in [-0.1, -0.05) is 26.2 Å². The lowest BCUT2D eigenvalue weighted by Crippen LogP contribution is -2.61. The van der Waals surface area contributed by atoms with Gasteiger partial charge in [0.25, 0.3) is 0 Å². The van der Waals surface area contributed by atoms with Gasteiger partial charge in [0.2, 0.25) is 0 Å². The minimum Gasteiger partial charge on any atom is -0.323 e. The lowest BCUT2D eigenvalue weighted by Gasteiger charge is -2.32. The predicted octanol–water partition coefficient (Wildman–Crippen LogP) is 3.49. The molecule has 0 fully saturated rings. The SMILES string of the molecule is CCCCCC(F)C(F)(F)C(F)(F)C(F)(F)S(=O)(=O)O.CNC. The first-order valence-electron chi connectivity index (χ1n) is 6.48. The van der Waals surface area contributed by atoms with E-state index in [0.717, 1.165) is 0 Å². The molecule has 23 heavy (non-hydrogen) atoms. The Kier molecular flexibility index (Phi) is 9.66. The first kappa shape index (κ1) is 24.6. The van der Waals surface area contributed by atoms with Crippen molar-refractivity contribution in [2.45, 2.75) is 55.9 Å². The molecule has 0 saturated carbocycles. The van der Waals surface area contributed by atoms with Crippen molar-refractivity contribution in [2.24, 2.45) is 0 Å². The van der Waals surface area contributed by atoms with E-state index in [1.54, 1.807) is 6.92 Å². The van der Waals surface area contributed by atoms with Gasteiger partial charge in [-0.3, -0.25) is 4.55 Å². The molecular formula is C11H20F7NO3S. The Morgan fingerprint density at radius 3 is 1.74 bits per heavy atom. The number of unbranched alkanes of at least 4 members (excludes halogenated alkanes) is 2. The van der Waals surface area contributed by atoms with Gasteiger partial charge < -0.3 is 5.32 Å². The fourth-order valence-electron chi connectivity index (χ4n) is 1.31. The summed E-state index contributed by atoms with van der Waals surface area (Å²) in [5.74, 6) is -12.5. The molecule has 1 atom stereocenters. The summed E-state index contributed by atoms with van der Waals surface area (Å²) in [6.45, 7) is 1.60. The maximum Gasteiger partial charge on any atom is 0.438 e. The molecule has 0 spiro atoms. The molecule has 0 aromatic carbocycles. The molecule has 4 nitrogen and oxygen atoms in total. The topological polar surface area (TPSA) is 66.4 Å². The number of halogens is 7. The van der Waals surface area contributed by atoms with Crippen molar-refractivity contribution in [3.63, 3.8) is 0 Å². The van der Waals surface area contributed by atoms with E-state index in [0.29, 0.717) is 6.42 Å². The zero-order valence-electron chi connectivity index (χ0n) is 12.7. The summed E-state index contributed by atoms with van der Waals surface area (Å²) in [7, 11) is -3.08. The number of rotatable bonds is 8. The van der Waals surface area contributed by atoms with Crippen molar-refractivity contribution in [3.05, 3.63) is 0 Å². The molecule has 0 bridgehead atoms. The van der Waals surface area contributed by atoms with Crippen molar-refractivity contribution in [1.82, 2.24) is 5.32 Å². The van der Waals surface area contributed by atoms with E-state index in [1.807, 2.05) is 14.1 Å². The van der Waals surface area contributed by atoms with Crippen molar-refractivity contribution in [3.8, 4) is 0 Å². The van der Waals surface area contributed by atoms with Gasteiger partial charge in [0.1, 0.15) is 0 Å². The van der Waals surface area contributed by atoms with Gasteiger partial charge in [-0.2, -0.15) is 34.8 Å². The summed E-state index contributed by atoms with van der Waals surface area (Å²) in [6.07, 6.45) is -4.43. The fourth-order valence-corrected chi connectivity index (χ4v) is 1.77. The molecule has 0 heterocycles. The highest BCUT2D eigenvalue weighted by molar-refractivity contribution is 7.87. The first-order valence-corrected chi connectivity index (χ1v) is 7.92. The lowest BCUT2D eigenvalue weighted by molar-refractivity contribution is -0.300. The molecule has 2 N–H and O–H groups in total. The van der Waals surface area contributed by atoms with E-state index in [1.165, 1.54) is 0 Å². The molecule has 0 aliphatic carbocycles. The van der Waals surface area contributed by atoms with Gasteiger partial charge in [0, 0.05) is 0 Å². The van der Waals surface area contributed by atoms with Crippen LogP contribution in [0, 0.1) is 0 Å². The largest absolute Gasteiger partial charge is 0.438 e. The average Bonchev–Trinajstić information content (AvgIpc) is 2.37. The van der Waals surface area contributed by atoms with Gasteiger partial charge in [-0.25, -0.2) is 4.39 Å². The zero-order valence-corrected chi connectivity index (χ0v) is 13.5. The molecule has 0 aliphatic heterocycles. The highest BCUT2D eigenvalue weighted by Gasteiger charge is 2.79. The third-order valence-electron chi connectivity index (χ3n) is 2.56. The third-order valence-corrected chi connectivity index (χ3v) is 3.47. The Morgan fingerprint density at radius 2 is 1.43 bits per heavy atom. The van der Waals surface area contributed by atoms with Crippen LogP contribution < -0.4 is 5.32 Å². The highest BCUT2D eigenvalue weighted by Crippen LogP contribution is 2.50. The quantitative estimate of drug-likeness (QED) is 0.385. The third kappa shape index (κ3) is 5.75. The van der Waals surface area contributed by atoms with Gasteiger partial charge in [-0.05, 0) is 20.5 Å². The van der Waals surface area contributed by atoms with Gasteiger partial charge in [0.15, 0.2) is 6.17 Å². The maximum atomic E-state index is 13.1. The van der Waals surface area contributed by atoms with Crippen molar-refractivity contribution in [1.29, 1.82) is 0 Å². The summed E-state index contributed by atoms with van der Waals surface area (Å²) in [4.78, 5) is 0. The van der Waals surface area contributed by atoms with Gasteiger partial charge in [-0.15, -0.1) is 0 Å². The van der Waals surface area contributed by atoms with E-state index in [-0.39, 0.29) is 12.8 Å². The van der Waals surface area contributed by atoms with Gasteiger partial charge in [0.05, 0.1) is 0 Å². The van der Waals surface area contributed by atoms with Crippen LogP contribution in [0.5, 0.6) is 0 Å². The number of hydrogen-bond acceptors (Lipinski definition) is 3. The van der Waals surface area contributed by atoms with Crippen LogP contribution in [-0.2, 0) is 10.1 Å². The first-order chi connectivity index (χ1) is 10.1. The predicted molar refractivity (Wildman–Crippen MR) is 70.4 cm³/mol. The Morgan fingerprint density at radius 1 is 1.04 bits per heavy atom. The Hall–Kier alpha value is -0.620. The number of alkyl halides is 7. The minimum absolute atomic E-state index is 0.205. The molecular weight excluding hydrogens is 359 g/mol. The van der Waals surface area contributed by atoms with Crippen LogP contribution in [-0.4, -0.2) is 50.3 Å². The smallest absolute Gasteiger partial charge is 0.323 e. The molecule has 0 rings (SSSR count). The van der Waals surface area contributed by atoms with Crippen LogP contribution in [0.3, 0.4) is 0 Å². The molecule has 0 radical (unpaired) electrons. The van der Waals surface area contributed by atoms with Crippen LogP contribution in [0.15, 0.2) is 0 Å². The summed E-state index contributed by atoms with van der Waals surface area (Å²) in [5, 5.41) is -3.75. The highest BCUT2D eigenvalue weighted by atomic mass is 32.2. The molecule has 0 aromatic rings. The average molecular weight is 379 g/mol. The van der Waals surface area contributed by atoms with Crippen LogP contribution >= 0.6 is 0 Å². The maximum absolute atomic E-state index is 13.1. The molecule has 0 saturated heterocycles. The molecule has 142 valence electrons. The Bertz CT molecular complexity index is 443. The molecule has 0 amide bonds. The summed E-state index contributed by atoms with van der Waals surface area (Å²) in [6, 6.07) is 0.